The first-order chi connectivity index (χ1) is 15.6. The molecule has 33 heavy (non-hydrogen) atoms. The van der Waals surface area contributed by atoms with Gasteiger partial charge in [0, 0.05) is 39.0 Å². The summed E-state index contributed by atoms with van der Waals surface area (Å²) in [6, 6.07) is 9.53. The molecule has 0 aromatic heterocycles. The van der Waals surface area contributed by atoms with Gasteiger partial charge in [-0.15, -0.1) is 0 Å². The fraction of sp³-hybridized carbons (Fsp3) is 0.435. The summed E-state index contributed by atoms with van der Waals surface area (Å²) in [5, 5.41) is 3.40. The van der Waals surface area contributed by atoms with Crippen LogP contribution in [-0.4, -0.2) is 65.2 Å². The van der Waals surface area contributed by atoms with Crippen molar-refractivity contribution in [1.82, 2.24) is 10.2 Å². The first-order valence-electron chi connectivity index (χ1n) is 10.7. The summed E-state index contributed by atoms with van der Waals surface area (Å²) in [6.45, 7) is 5.38. The first kappa shape index (κ1) is 24.9. The molecule has 2 aromatic rings. The second-order valence-corrected chi connectivity index (χ2v) is 9.96. The molecule has 3 atom stereocenters. The van der Waals surface area contributed by atoms with Gasteiger partial charge in [-0.2, -0.15) is 0 Å². The van der Waals surface area contributed by atoms with E-state index in [4.69, 9.17) is 9.47 Å². The summed E-state index contributed by atoms with van der Waals surface area (Å²) in [7, 11) is -0.923. The Morgan fingerprint density at radius 1 is 1.21 bits per heavy atom. The van der Waals surface area contributed by atoms with Gasteiger partial charge in [0.15, 0.2) is 0 Å². The quantitative estimate of drug-likeness (QED) is 0.700. The maximum atomic E-state index is 14.0. The minimum Gasteiger partial charge on any atom is -0.491 e. The molecule has 8 nitrogen and oxygen atoms in total. The van der Waals surface area contributed by atoms with E-state index in [1.807, 2.05) is 13.8 Å². The van der Waals surface area contributed by atoms with Crippen molar-refractivity contribution in [1.29, 1.82) is 0 Å². The number of amides is 1. The van der Waals surface area contributed by atoms with Gasteiger partial charge in [-0.3, -0.25) is 9.52 Å². The molecule has 1 heterocycles. The topological polar surface area (TPSA) is 97.0 Å². The van der Waals surface area contributed by atoms with Crippen molar-refractivity contribution in [2.75, 3.05) is 38.6 Å². The number of hydrogen-bond donors (Lipinski definition) is 2. The maximum absolute atomic E-state index is 14.0. The zero-order valence-electron chi connectivity index (χ0n) is 19.2. The van der Waals surface area contributed by atoms with Crippen molar-refractivity contribution in [2.24, 2.45) is 5.92 Å². The number of methoxy groups -OCH3 is 1. The molecule has 1 amide bonds. The average Bonchev–Trinajstić information content (AvgIpc) is 2.78. The van der Waals surface area contributed by atoms with Crippen LogP contribution in [0.3, 0.4) is 0 Å². The van der Waals surface area contributed by atoms with Gasteiger partial charge in [-0.05, 0) is 43.2 Å². The van der Waals surface area contributed by atoms with Crippen LogP contribution in [0, 0.1) is 11.7 Å². The molecule has 1 aliphatic heterocycles. The molecule has 0 spiro atoms. The van der Waals surface area contributed by atoms with Crippen LogP contribution in [0.15, 0.2) is 47.4 Å². The van der Waals surface area contributed by atoms with Crippen LogP contribution in [0.25, 0.3) is 0 Å². The highest BCUT2D eigenvalue weighted by Crippen LogP contribution is 2.27. The fourth-order valence-electron chi connectivity index (χ4n) is 3.60. The number of nitrogens with one attached hydrogen (secondary N) is 2. The normalized spacial score (nSPS) is 22.5. The van der Waals surface area contributed by atoms with Crippen molar-refractivity contribution in [3.63, 3.8) is 0 Å². The molecular formula is C23H30FN3O5S. The fourth-order valence-corrected chi connectivity index (χ4v) is 4.73. The summed E-state index contributed by atoms with van der Waals surface area (Å²) in [6.07, 6.45) is -0.190. The average molecular weight is 480 g/mol. The Morgan fingerprint density at radius 2 is 1.94 bits per heavy atom. The van der Waals surface area contributed by atoms with Crippen LogP contribution in [0.4, 0.5) is 10.1 Å². The number of fused-ring (bicyclic) bond motifs is 1. The molecule has 180 valence electrons. The summed E-state index contributed by atoms with van der Waals surface area (Å²) < 4.78 is 53.3. The standard InChI is InChI=1S/C23H30FN3O5S/c1-15-12-25-16(2)14-32-20-10-9-17(11-18(20)23(28)27(3)13-21(15)31-4)26-33(29,30)22-8-6-5-7-19(22)24/h5-11,15-16,21,25-26H,12-14H2,1-4H3/t15-,16-,21+/m1/s1. The lowest BCUT2D eigenvalue weighted by Gasteiger charge is -2.30. The van der Waals surface area contributed by atoms with Crippen LogP contribution in [0.5, 0.6) is 5.75 Å². The first-order valence-corrected chi connectivity index (χ1v) is 12.2. The Labute approximate surface area is 194 Å². The van der Waals surface area contributed by atoms with Crippen LogP contribution in [-0.2, 0) is 14.8 Å². The predicted molar refractivity (Wildman–Crippen MR) is 124 cm³/mol. The van der Waals surface area contributed by atoms with Gasteiger partial charge >= 0.3 is 0 Å². The van der Waals surface area contributed by atoms with E-state index < -0.39 is 20.7 Å². The van der Waals surface area contributed by atoms with E-state index in [1.165, 1.54) is 41.3 Å². The van der Waals surface area contributed by atoms with Gasteiger partial charge in [-0.25, -0.2) is 12.8 Å². The number of hydrogen-bond acceptors (Lipinski definition) is 6. The number of benzene rings is 2. The molecule has 3 rings (SSSR count). The number of halogens is 1. The molecule has 0 saturated heterocycles. The smallest absolute Gasteiger partial charge is 0.264 e. The zero-order valence-corrected chi connectivity index (χ0v) is 20.0. The number of sulfonamides is 1. The number of carbonyl (C=O) groups excluding carboxylic acids is 1. The van der Waals surface area contributed by atoms with E-state index in [0.717, 1.165) is 6.07 Å². The van der Waals surface area contributed by atoms with E-state index in [0.29, 0.717) is 25.4 Å². The molecular weight excluding hydrogens is 449 g/mol. The predicted octanol–water partition coefficient (Wildman–Crippen LogP) is 2.72. The third-order valence-electron chi connectivity index (χ3n) is 5.60. The van der Waals surface area contributed by atoms with Crippen LogP contribution < -0.4 is 14.8 Å². The second-order valence-electron chi connectivity index (χ2n) is 8.30. The molecule has 0 bridgehead atoms. The van der Waals surface area contributed by atoms with E-state index in [-0.39, 0.29) is 35.2 Å². The maximum Gasteiger partial charge on any atom is 0.264 e. The highest BCUT2D eigenvalue weighted by molar-refractivity contribution is 7.92. The van der Waals surface area contributed by atoms with E-state index >= 15 is 0 Å². The van der Waals surface area contributed by atoms with Crippen LogP contribution >= 0.6 is 0 Å². The largest absolute Gasteiger partial charge is 0.491 e. The Bertz CT molecular complexity index is 1100. The molecule has 0 aliphatic carbocycles. The number of nitrogens with zero attached hydrogens (tertiary/aromatic N) is 1. The number of likely N-dealkylation sites (N-methyl/N-ethyl adjacent to an activating group) is 1. The van der Waals surface area contributed by atoms with Gasteiger partial charge in [0.25, 0.3) is 15.9 Å². The highest BCUT2D eigenvalue weighted by Gasteiger charge is 2.26. The van der Waals surface area contributed by atoms with Crippen molar-refractivity contribution in [2.45, 2.75) is 30.9 Å². The van der Waals surface area contributed by atoms with Gasteiger partial charge in [0.2, 0.25) is 0 Å². The molecule has 2 N–H and O–H groups in total. The third kappa shape index (κ3) is 6.01. The number of anilines is 1. The SMILES string of the molecule is CO[C@H]1CN(C)C(=O)c2cc(NS(=O)(=O)c3ccccc3F)ccc2OC[C@@H](C)NC[C@H]1C. The number of carbonyl (C=O) groups is 1. The van der Waals surface area contributed by atoms with Crippen molar-refractivity contribution in [3.8, 4) is 5.75 Å². The van der Waals surface area contributed by atoms with Gasteiger partial charge < -0.3 is 19.7 Å². The Morgan fingerprint density at radius 3 is 2.64 bits per heavy atom. The van der Waals surface area contributed by atoms with E-state index in [1.54, 1.807) is 14.2 Å². The van der Waals surface area contributed by atoms with Gasteiger partial charge in [0.1, 0.15) is 23.1 Å². The number of ether oxygens (including phenoxy) is 2. The Kier molecular flexibility index (Phi) is 7.93. The minimum atomic E-state index is -4.19. The molecule has 0 unspecified atom stereocenters. The molecule has 0 fully saturated rings. The Hall–Kier alpha value is -2.69. The molecule has 0 saturated carbocycles. The summed E-state index contributed by atoms with van der Waals surface area (Å²) >= 11 is 0. The van der Waals surface area contributed by atoms with Crippen molar-refractivity contribution >= 4 is 21.6 Å². The molecule has 0 radical (unpaired) electrons. The monoisotopic (exact) mass is 479 g/mol. The minimum absolute atomic E-state index is 0.0179. The lowest BCUT2D eigenvalue weighted by Crippen LogP contribution is -2.44. The van der Waals surface area contributed by atoms with Gasteiger partial charge in [0.05, 0.1) is 11.7 Å². The Balaban J connectivity index is 1.95. The summed E-state index contributed by atoms with van der Waals surface area (Å²) in [5.41, 5.74) is 0.318. The number of rotatable bonds is 4. The van der Waals surface area contributed by atoms with Crippen molar-refractivity contribution in [3.05, 3.63) is 53.8 Å². The summed E-state index contributed by atoms with van der Waals surface area (Å²) in [4.78, 5) is 14.3. The zero-order chi connectivity index (χ0) is 24.2. The summed E-state index contributed by atoms with van der Waals surface area (Å²) in [5.74, 6) is -0.730. The van der Waals surface area contributed by atoms with Gasteiger partial charge in [-0.1, -0.05) is 19.1 Å². The van der Waals surface area contributed by atoms with Crippen LogP contribution in [0.1, 0.15) is 24.2 Å². The third-order valence-corrected chi connectivity index (χ3v) is 7.02. The van der Waals surface area contributed by atoms with E-state index in [9.17, 15) is 17.6 Å². The lowest BCUT2D eigenvalue weighted by atomic mass is 10.0. The van der Waals surface area contributed by atoms with E-state index in [2.05, 4.69) is 10.0 Å². The molecule has 2 aromatic carbocycles. The molecule has 10 heteroatoms. The van der Waals surface area contributed by atoms with Crippen molar-refractivity contribution < 1.29 is 27.1 Å². The lowest BCUT2D eigenvalue weighted by molar-refractivity contribution is 0.0281. The van der Waals surface area contributed by atoms with Crippen LogP contribution in [0.2, 0.25) is 0 Å². The highest BCUT2D eigenvalue weighted by atomic mass is 32.2. The second kappa shape index (κ2) is 10.5. The molecule has 1 aliphatic rings.